The maximum atomic E-state index is 9.09. The summed E-state index contributed by atoms with van der Waals surface area (Å²) in [6.45, 7) is 3.60. The van der Waals surface area contributed by atoms with Gasteiger partial charge in [0.25, 0.3) is 0 Å². The molecule has 0 radical (unpaired) electrons. The Labute approximate surface area is 83.0 Å². The molecule has 1 aromatic rings. The highest BCUT2D eigenvalue weighted by molar-refractivity contribution is 7.07. The summed E-state index contributed by atoms with van der Waals surface area (Å²) in [4.78, 5) is 6.37. The summed E-state index contributed by atoms with van der Waals surface area (Å²) in [5, 5.41) is 11.1. The van der Waals surface area contributed by atoms with Crippen molar-refractivity contribution in [2.75, 3.05) is 13.6 Å². The maximum Gasteiger partial charge on any atom is 0.0795 e. The van der Waals surface area contributed by atoms with Gasteiger partial charge < -0.3 is 10.0 Å². The molecule has 0 aliphatic heterocycles. The zero-order valence-corrected chi connectivity index (χ0v) is 8.92. The first-order chi connectivity index (χ1) is 6.18. The van der Waals surface area contributed by atoms with Gasteiger partial charge in [-0.3, -0.25) is 0 Å². The third kappa shape index (κ3) is 4.36. The molecule has 1 heterocycles. The summed E-state index contributed by atoms with van der Waals surface area (Å²) < 4.78 is 0. The fraction of sp³-hybridized carbons (Fsp3) is 0.667. The Morgan fingerprint density at radius 3 is 3.00 bits per heavy atom. The van der Waals surface area contributed by atoms with Crippen LogP contribution in [0.15, 0.2) is 10.9 Å². The highest BCUT2D eigenvalue weighted by Gasteiger charge is 2.03. The summed E-state index contributed by atoms with van der Waals surface area (Å²) in [6, 6.07) is 0. The van der Waals surface area contributed by atoms with Gasteiger partial charge in [-0.1, -0.05) is 0 Å². The molecule has 0 amide bonds. The van der Waals surface area contributed by atoms with Crippen LogP contribution in [0.1, 0.15) is 19.0 Å². The second kappa shape index (κ2) is 5.32. The van der Waals surface area contributed by atoms with Crippen molar-refractivity contribution in [3.8, 4) is 0 Å². The first-order valence-electron chi connectivity index (χ1n) is 4.42. The summed E-state index contributed by atoms with van der Waals surface area (Å²) >= 11 is 1.62. The number of aliphatic hydroxyl groups is 1. The van der Waals surface area contributed by atoms with Gasteiger partial charge in [-0.2, -0.15) is 0 Å². The highest BCUT2D eigenvalue weighted by Crippen LogP contribution is 2.04. The van der Waals surface area contributed by atoms with E-state index in [2.05, 4.69) is 15.3 Å². The van der Waals surface area contributed by atoms with E-state index in [1.165, 1.54) is 0 Å². The monoisotopic (exact) mass is 200 g/mol. The molecule has 1 rings (SSSR count). The van der Waals surface area contributed by atoms with Crippen LogP contribution in [0.3, 0.4) is 0 Å². The zero-order chi connectivity index (χ0) is 9.68. The third-order valence-corrected chi connectivity index (χ3v) is 2.48. The summed E-state index contributed by atoms with van der Waals surface area (Å²) in [7, 11) is 2.04. The van der Waals surface area contributed by atoms with Gasteiger partial charge in [0.2, 0.25) is 0 Å². The van der Waals surface area contributed by atoms with Gasteiger partial charge >= 0.3 is 0 Å². The minimum absolute atomic E-state index is 0.210. The summed E-state index contributed by atoms with van der Waals surface area (Å²) in [5.41, 5.74) is 2.95. The fourth-order valence-corrected chi connectivity index (χ4v) is 1.63. The number of rotatable bonds is 5. The standard InChI is InChI=1S/C9H16N2OS/c1-8(12)3-4-11(2)5-9-6-13-7-10-9/h6-8,12H,3-5H2,1-2H3/t8-/m1/s1. The minimum Gasteiger partial charge on any atom is -0.393 e. The Morgan fingerprint density at radius 2 is 2.46 bits per heavy atom. The molecule has 0 saturated carbocycles. The van der Waals surface area contributed by atoms with Crippen LogP contribution in [0.25, 0.3) is 0 Å². The molecule has 0 aliphatic carbocycles. The average molecular weight is 200 g/mol. The van der Waals surface area contributed by atoms with Crippen LogP contribution in [0.4, 0.5) is 0 Å². The Hall–Kier alpha value is -0.450. The Bertz CT molecular complexity index is 224. The first kappa shape index (κ1) is 10.6. The van der Waals surface area contributed by atoms with E-state index in [-0.39, 0.29) is 6.10 Å². The van der Waals surface area contributed by atoms with Crippen LogP contribution >= 0.6 is 11.3 Å². The first-order valence-corrected chi connectivity index (χ1v) is 5.36. The van der Waals surface area contributed by atoms with Crippen molar-refractivity contribution >= 4 is 11.3 Å². The van der Waals surface area contributed by atoms with Crippen LogP contribution in [-0.4, -0.2) is 34.7 Å². The topological polar surface area (TPSA) is 36.4 Å². The van der Waals surface area contributed by atoms with E-state index >= 15 is 0 Å². The maximum absolute atomic E-state index is 9.09. The molecule has 74 valence electrons. The van der Waals surface area contributed by atoms with E-state index < -0.39 is 0 Å². The molecular formula is C9H16N2OS. The number of aliphatic hydroxyl groups excluding tert-OH is 1. The van der Waals surface area contributed by atoms with Gasteiger partial charge in [0.05, 0.1) is 17.3 Å². The molecule has 13 heavy (non-hydrogen) atoms. The molecular weight excluding hydrogens is 184 g/mol. The lowest BCUT2D eigenvalue weighted by Crippen LogP contribution is -2.22. The van der Waals surface area contributed by atoms with Gasteiger partial charge in [0.15, 0.2) is 0 Å². The van der Waals surface area contributed by atoms with Gasteiger partial charge in [0.1, 0.15) is 0 Å². The third-order valence-electron chi connectivity index (χ3n) is 1.84. The number of aromatic nitrogens is 1. The molecule has 0 spiro atoms. The van der Waals surface area contributed by atoms with Crippen LogP contribution in [0.2, 0.25) is 0 Å². The SMILES string of the molecule is C[C@@H](O)CCN(C)Cc1cscn1. The Morgan fingerprint density at radius 1 is 1.69 bits per heavy atom. The minimum atomic E-state index is -0.210. The Kier molecular flexibility index (Phi) is 4.35. The molecule has 1 aromatic heterocycles. The fourth-order valence-electron chi connectivity index (χ4n) is 1.08. The largest absolute Gasteiger partial charge is 0.393 e. The molecule has 0 unspecified atom stereocenters. The lowest BCUT2D eigenvalue weighted by atomic mass is 10.3. The van der Waals surface area contributed by atoms with Crippen LogP contribution in [0.5, 0.6) is 0 Å². The van der Waals surface area contributed by atoms with E-state index in [4.69, 9.17) is 5.11 Å². The van der Waals surface area contributed by atoms with Gasteiger partial charge in [-0.15, -0.1) is 11.3 Å². The predicted octanol–water partition coefficient (Wildman–Crippen LogP) is 1.35. The second-order valence-corrected chi connectivity index (χ2v) is 4.07. The highest BCUT2D eigenvalue weighted by atomic mass is 32.1. The van der Waals surface area contributed by atoms with Crippen LogP contribution < -0.4 is 0 Å². The van der Waals surface area contributed by atoms with Crippen molar-refractivity contribution in [1.29, 1.82) is 0 Å². The van der Waals surface area contributed by atoms with E-state index in [9.17, 15) is 0 Å². The molecule has 1 N–H and O–H groups in total. The molecule has 0 aliphatic rings. The second-order valence-electron chi connectivity index (χ2n) is 3.36. The van der Waals surface area contributed by atoms with Gasteiger partial charge in [-0.25, -0.2) is 4.98 Å². The van der Waals surface area contributed by atoms with Crippen molar-refractivity contribution < 1.29 is 5.11 Å². The lowest BCUT2D eigenvalue weighted by molar-refractivity contribution is 0.162. The quantitative estimate of drug-likeness (QED) is 0.779. The number of hydrogen-bond acceptors (Lipinski definition) is 4. The summed E-state index contributed by atoms with van der Waals surface area (Å²) in [5.74, 6) is 0. The van der Waals surface area contributed by atoms with E-state index in [1.807, 2.05) is 19.5 Å². The number of thiazole rings is 1. The van der Waals surface area contributed by atoms with E-state index in [0.29, 0.717) is 0 Å². The van der Waals surface area contributed by atoms with Crippen molar-refractivity contribution in [1.82, 2.24) is 9.88 Å². The van der Waals surface area contributed by atoms with Gasteiger partial charge in [0, 0.05) is 18.5 Å². The normalized spacial score (nSPS) is 13.5. The van der Waals surface area contributed by atoms with Crippen molar-refractivity contribution in [2.45, 2.75) is 26.0 Å². The predicted molar refractivity (Wildman–Crippen MR) is 54.7 cm³/mol. The number of nitrogens with zero attached hydrogens (tertiary/aromatic N) is 2. The van der Waals surface area contributed by atoms with Crippen molar-refractivity contribution in [2.24, 2.45) is 0 Å². The smallest absolute Gasteiger partial charge is 0.0795 e. The molecule has 1 atom stereocenters. The summed E-state index contributed by atoms with van der Waals surface area (Å²) in [6.07, 6.45) is 0.610. The average Bonchev–Trinajstić information content (AvgIpc) is 2.53. The molecule has 3 nitrogen and oxygen atoms in total. The molecule has 0 saturated heterocycles. The zero-order valence-electron chi connectivity index (χ0n) is 8.10. The molecule has 0 bridgehead atoms. The van der Waals surface area contributed by atoms with Crippen LogP contribution in [-0.2, 0) is 6.54 Å². The molecule has 0 aromatic carbocycles. The van der Waals surface area contributed by atoms with Crippen LogP contribution in [0, 0.1) is 0 Å². The number of hydrogen-bond donors (Lipinski definition) is 1. The molecule has 0 fully saturated rings. The molecule has 4 heteroatoms. The van der Waals surface area contributed by atoms with Crippen molar-refractivity contribution in [3.63, 3.8) is 0 Å². The van der Waals surface area contributed by atoms with Crippen molar-refractivity contribution in [3.05, 3.63) is 16.6 Å². The lowest BCUT2D eigenvalue weighted by Gasteiger charge is -2.15. The van der Waals surface area contributed by atoms with E-state index in [1.54, 1.807) is 11.3 Å². The Balaban J connectivity index is 2.22. The van der Waals surface area contributed by atoms with Gasteiger partial charge in [-0.05, 0) is 20.4 Å². The van der Waals surface area contributed by atoms with E-state index in [0.717, 1.165) is 25.2 Å².